The number of nitrogens with one attached hydrogen (secondary N) is 3. The van der Waals surface area contributed by atoms with E-state index in [1.807, 2.05) is 20.8 Å². The Morgan fingerprint density at radius 1 is 1.22 bits per heavy atom. The van der Waals surface area contributed by atoms with Crippen molar-refractivity contribution in [3.05, 3.63) is 29.8 Å². The van der Waals surface area contributed by atoms with E-state index in [0.717, 1.165) is 32.4 Å². The molecule has 8 heteroatoms. The van der Waals surface area contributed by atoms with Gasteiger partial charge in [-0.2, -0.15) is 0 Å². The lowest BCUT2D eigenvalue weighted by molar-refractivity contribution is 0.464. The Morgan fingerprint density at radius 2 is 1.93 bits per heavy atom. The third kappa shape index (κ3) is 9.63. The molecule has 0 heterocycles. The van der Waals surface area contributed by atoms with Crippen molar-refractivity contribution in [3.63, 3.8) is 0 Å². The molecule has 1 aromatic carbocycles. The largest absolute Gasteiger partial charge is 0.370 e. The molecule has 1 aromatic rings. The monoisotopic (exact) mass is 397 g/mol. The molecule has 7 nitrogen and oxygen atoms in total. The molecule has 27 heavy (non-hydrogen) atoms. The number of sulfonamides is 1. The smallest absolute Gasteiger partial charge is 0.209 e. The van der Waals surface area contributed by atoms with E-state index in [1.165, 1.54) is 11.3 Å². The van der Waals surface area contributed by atoms with E-state index >= 15 is 0 Å². The third-order valence-electron chi connectivity index (χ3n) is 3.86. The Balaban J connectivity index is 2.66. The van der Waals surface area contributed by atoms with Crippen LogP contribution in [0.4, 0.5) is 5.69 Å². The van der Waals surface area contributed by atoms with Crippen molar-refractivity contribution in [2.45, 2.75) is 40.2 Å². The van der Waals surface area contributed by atoms with E-state index in [-0.39, 0.29) is 0 Å². The summed E-state index contributed by atoms with van der Waals surface area (Å²) < 4.78 is 25.5. The first-order valence-corrected chi connectivity index (χ1v) is 11.3. The fraction of sp³-hybridized carbons (Fsp3) is 0.632. The van der Waals surface area contributed by atoms with Gasteiger partial charge in [-0.1, -0.05) is 12.1 Å². The highest BCUT2D eigenvalue weighted by Gasteiger charge is 2.21. The molecule has 0 amide bonds. The van der Waals surface area contributed by atoms with Crippen LogP contribution in [-0.2, 0) is 10.0 Å². The van der Waals surface area contributed by atoms with Crippen LogP contribution >= 0.6 is 0 Å². The molecule has 0 saturated heterocycles. The van der Waals surface area contributed by atoms with Crippen molar-refractivity contribution in [1.82, 2.24) is 15.4 Å². The standard InChI is InChI=1S/C19H35N5O2S/c1-7-20-18(22-15-19(4,5)23-27(6,25)26)21-12-13-24(8-2)17-11-9-10-16(3)14-17/h9-11,14,23H,7-8,12-13,15H2,1-6H3,(H2,20,21,22). The van der Waals surface area contributed by atoms with Gasteiger partial charge in [0.05, 0.1) is 12.8 Å². The van der Waals surface area contributed by atoms with Crippen LogP contribution in [0.25, 0.3) is 0 Å². The number of likely N-dealkylation sites (N-methyl/N-ethyl adjacent to an activating group) is 1. The Kier molecular flexibility index (Phi) is 9.05. The van der Waals surface area contributed by atoms with E-state index in [9.17, 15) is 8.42 Å². The normalized spacial score (nSPS) is 12.7. The zero-order valence-corrected chi connectivity index (χ0v) is 18.3. The van der Waals surface area contributed by atoms with Crippen molar-refractivity contribution < 1.29 is 8.42 Å². The van der Waals surface area contributed by atoms with Crippen molar-refractivity contribution in [2.75, 3.05) is 43.9 Å². The van der Waals surface area contributed by atoms with Crippen LogP contribution in [0.5, 0.6) is 0 Å². The van der Waals surface area contributed by atoms with Gasteiger partial charge < -0.3 is 15.5 Å². The number of aliphatic imine (C=N–C) groups is 1. The number of nitrogens with zero attached hydrogens (tertiary/aromatic N) is 2. The number of rotatable bonds is 10. The van der Waals surface area contributed by atoms with E-state index < -0.39 is 15.6 Å². The maximum Gasteiger partial charge on any atom is 0.209 e. The minimum atomic E-state index is -3.27. The Labute approximate surface area is 164 Å². The molecule has 3 N–H and O–H groups in total. The predicted octanol–water partition coefficient (Wildman–Crippen LogP) is 1.70. The number of hydrogen-bond donors (Lipinski definition) is 3. The van der Waals surface area contributed by atoms with Gasteiger partial charge in [-0.25, -0.2) is 13.1 Å². The van der Waals surface area contributed by atoms with Gasteiger partial charge in [0.25, 0.3) is 0 Å². The minimum Gasteiger partial charge on any atom is -0.370 e. The predicted molar refractivity (Wildman–Crippen MR) is 115 cm³/mol. The topological polar surface area (TPSA) is 85.8 Å². The first-order valence-electron chi connectivity index (χ1n) is 9.39. The summed E-state index contributed by atoms with van der Waals surface area (Å²) in [5.41, 5.74) is 1.81. The first kappa shape index (κ1) is 23.2. The van der Waals surface area contributed by atoms with E-state index in [2.05, 4.69) is 63.4 Å². The Morgan fingerprint density at radius 3 is 2.48 bits per heavy atom. The van der Waals surface area contributed by atoms with Crippen LogP contribution in [-0.4, -0.2) is 58.9 Å². The summed E-state index contributed by atoms with van der Waals surface area (Å²) in [5.74, 6) is 0.682. The van der Waals surface area contributed by atoms with Crippen LogP contribution in [0.15, 0.2) is 29.3 Å². The van der Waals surface area contributed by atoms with Gasteiger partial charge in [0.2, 0.25) is 10.0 Å². The van der Waals surface area contributed by atoms with Crippen LogP contribution in [0.1, 0.15) is 33.3 Å². The van der Waals surface area contributed by atoms with Crippen LogP contribution in [0.2, 0.25) is 0 Å². The summed E-state index contributed by atoms with van der Waals surface area (Å²) in [6, 6.07) is 8.47. The lowest BCUT2D eigenvalue weighted by Crippen LogP contribution is -2.47. The van der Waals surface area contributed by atoms with Gasteiger partial charge in [-0.15, -0.1) is 0 Å². The van der Waals surface area contributed by atoms with Gasteiger partial charge in [0.1, 0.15) is 0 Å². The maximum atomic E-state index is 11.5. The molecule has 0 aromatic heterocycles. The molecule has 0 radical (unpaired) electrons. The average molecular weight is 398 g/mol. The van der Waals surface area contributed by atoms with Crippen molar-refractivity contribution in [3.8, 4) is 0 Å². The van der Waals surface area contributed by atoms with Crippen molar-refractivity contribution >= 4 is 21.7 Å². The molecule has 0 bridgehead atoms. The minimum absolute atomic E-state index is 0.338. The summed E-state index contributed by atoms with van der Waals surface area (Å²) in [7, 11) is -3.27. The zero-order valence-electron chi connectivity index (χ0n) is 17.5. The molecule has 0 aliphatic carbocycles. The van der Waals surface area contributed by atoms with Gasteiger partial charge in [-0.3, -0.25) is 4.99 Å². The molecule has 0 spiro atoms. The highest BCUT2D eigenvalue weighted by molar-refractivity contribution is 7.88. The summed E-state index contributed by atoms with van der Waals surface area (Å²) in [5, 5.41) is 6.53. The number of aryl methyl sites for hydroxylation is 1. The summed E-state index contributed by atoms with van der Waals surface area (Å²) in [4.78, 5) is 6.83. The van der Waals surface area contributed by atoms with Crippen LogP contribution in [0, 0.1) is 6.92 Å². The molecule has 154 valence electrons. The van der Waals surface area contributed by atoms with Gasteiger partial charge in [0.15, 0.2) is 5.96 Å². The molecular weight excluding hydrogens is 362 g/mol. The van der Waals surface area contributed by atoms with Gasteiger partial charge >= 0.3 is 0 Å². The maximum absolute atomic E-state index is 11.5. The summed E-state index contributed by atoms with van der Waals surface area (Å²) in [6.07, 6.45) is 1.16. The lowest BCUT2D eigenvalue weighted by Gasteiger charge is -2.25. The molecule has 0 atom stereocenters. The van der Waals surface area contributed by atoms with Gasteiger partial charge in [0, 0.05) is 37.4 Å². The second kappa shape index (κ2) is 10.5. The number of anilines is 1. The summed E-state index contributed by atoms with van der Waals surface area (Å²) in [6.45, 7) is 13.4. The Bertz CT molecular complexity index is 717. The fourth-order valence-corrected chi connectivity index (χ4v) is 3.82. The molecule has 0 aliphatic rings. The molecule has 1 rings (SSSR count). The zero-order chi connectivity index (χ0) is 20.5. The second-order valence-electron chi connectivity index (χ2n) is 7.30. The number of benzene rings is 1. The van der Waals surface area contributed by atoms with Crippen LogP contribution < -0.4 is 20.3 Å². The second-order valence-corrected chi connectivity index (χ2v) is 9.05. The fourth-order valence-electron chi connectivity index (χ4n) is 2.76. The van der Waals surface area contributed by atoms with Gasteiger partial charge in [-0.05, 0) is 52.3 Å². The highest BCUT2D eigenvalue weighted by atomic mass is 32.2. The number of hydrogen-bond acceptors (Lipinski definition) is 4. The average Bonchev–Trinajstić information content (AvgIpc) is 2.54. The van der Waals surface area contributed by atoms with E-state index in [4.69, 9.17) is 0 Å². The molecule has 0 fully saturated rings. The number of guanidine groups is 1. The Hall–Kier alpha value is -1.80. The molecular formula is C19H35N5O2S. The van der Waals surface area contributed by atoms with Crippen LogP contribution in [0.3, 0.4) is 0 Å². The molecule has 0 saturated carbocycles. The van der Waals surface area contributed by atoms with E-state index in [0.29, 0.717) is 12.5 Å². The summed E-state index contributed by atoms with van der Waals surface area (Å²) >= 11 is 0. The quantitative estimate of drug-likeness (QED) is 0.413. The third-order valence-corrected chi connectivity index (χ3v) is 4.78. The van der Waals surface area contributed by atoms with Crippen molar-refractivity contribution in [2.24, 2.45) is 4.99 Å². The van der Waals surface area contributed by atoms with E-state index in [1.54, 1.807) is 0 Å². The molecule has 0 aliphatic heterocycles. The SMILES string of the molecule is CCNC(=NCC(C)(C)NS(C)(=O)=O)NCCN(CC)c1cccc(C)c1. The van der Waals surface area contributed by atoms with Crippen molar-refractivity contribution in [1.29, 1.82) is 0 Å². The highest BCUT2D eigenvalue weighted by Crippen LogP contribution is 2.14. The first-order chi connectivity index (χ1) is 12.6. The molecule has 0 unspecified atom stereocenters. The lowest BCUT2D eigenvalue weighted by atomic mass is 10.1.